The van der Waals surface area contributed by atoms with Crippen molar-refractivity contribution in [3.63, 3.8) is 0 Å². The van der Waals surface area contributed by atoms with Crippen LogP contribution in [0.5, 0.6) is 0 Å². The number of hydrogen-bond acceptors (Lipinski definition) is 8. The Kier molecular flexibility index (Phi) is 14.5. The summed E-state index contributed by atoms with van der Waals surface area (Å²) >= 11 is 0. The Morgan fingerprint density at radius 3 is 1.88 bits per heavy atom. The lowest BCUT2D eigenvalue weighted by molar-refractivity contribution is -0.135. The summed E-state index contributed by atoms with van der Waals surface area (Å²) in [5.41, 5.74) is 9.93. The number of aliphatic hydroxyl groups is 1. The number of nitrogens with zero attached hydrogens (tertiary/aromatic N) is 2. The number of rotatable bonds is 4. The number of aliphatic hydroxyl groups excluding tert-OH is 1. The van der Waals surface area contributed by atoms with Crippen LogP contribution in [0.15, 0.2) is 24.3 Å². The number of aromatic nitrogens is 2. The Balaban J connectivity index is 0.000000759. The number of carboxylic acid groups (broad SMARTS) is 3. The lowest BCUT2D eigenvalue weighted by atomic mass is 10.1. The van der Waals surface area contributed by atoms with Gasteiger partial charge in [-0.25, -0.2) is 4.98 Å². The van der Waals surface area contributed by atoms with Crippen molar-refractivity contribution in [3.05, 3.63) is 35.8 Å². The number of ether oxygens (including phenoxy) is 1. The highest BCUT2D eigenvalue weighted by Gasteiger charge is 2.15. The van der Waals surface area contributed by atoms with Gasteiger partial charge in [-0.15, -0.1) is 0 Å². The smallest absolute Gasteiger partial charge is 0.300 e. The molecule has 0 amide bonds. The molecule has 1 aromatic carbocycles. The van der Waals surface area contributed by atoms with Gasteiger partial charge < -0.3 is 40.8 Å². The highest BCUT2D eigenvalue weighted by molar-refractivity contribution is 5.65. The molecule has 34 heavy (non-hydrogen) atoms. The summed E-state index contributed by atoms with van der Waals surface area (Å²) in [5.74, 6) is -1.88. The lowest BCUT2D eigenvalue weighted by Gasteiger charge is -2.28. The van der Waals surface area contributed by atoms with E-state index in [0.29, 0.717) is 5.82 Å². The highest BCUT2D eigenvalue weighted by Crippen LogP contribution is 2.25. The van der Waals surface area contributed by atoms with Crippen molar-refractivity contribution in [1.82, 2.24) is 9.97 Å². The van der Waals surface area contributed by atoms with Gasteiger partial charge in [0.1, 0.15) is 5.82 Å². The van der Waals surface area contributed by atoms with Crippen molar-refractivity contribution in [2.24, 2.45) is 5.73 Å². The van der Waals surface area contributed by atoms with Gasteiger partial charge in [0.2, 0.25) is 0 Å². The molecule has 0 saturated carbocycles. The summed E-state index contributed by atoms with van der Waals surface area (Å²) in [4.78, 5) is 36.9. The second kappa shape index (κ2) is 16.2. The van der Waals surface area contributed by atoms with Crippen LogP contribution in [0.25, 0.3) is 11.3 Å². The predicted molar refractivity (Wildman–Crippen MR) is 126 cm³/mol. The summed E-state index contributed by atoms with van der Waals surface area (Å²) in [6.07, 6.45) is 0. The van der Waals surface area contributed by atoms with E-state index in [2.05, 4.69) is 39.1 Å². The monoisotopic (exact) mass is 482 g/mol. The van der Waals surface area contributed by atoms with Crippen LogP contribution in [0, 0.1) is 6.92 Å². The summed E-state index contributed by atoms with van der Waals surface area (Å²) in [7, 11) is 0. The fourth-order valence-electron chi connectivity index (χ4n) is 2.69. The molecule has 0 radical (unpaired) electrons. The van der Waals surface area contributed by atoms with Gasteiger partial charge in [-0.05, 0) is 24.6 Å². The average Bonchev–Trinajstić information content (AvgIpc) is 3.14. The maximum absolute atomic E-state index is 9.14. The topological polar surface area (TPSA) is 199 Å². The molecular formula is C22H34N4O8. The predicted octanol–water partition coefficient (Wildman–Crippen LogP) is 1.49. The first kappa shape index (κ1) is 30.5. The van der Waals surface area contributed by atoms with Crippen LogP contribution in [-0.4, -0.2) is 81.2 Å². The van der Waals surface area contributed by atoms with Gasteiger partial charge in [-0.1, -0.05) is 12.1 Å². The first-order chi connectivity index (χ1) is 15.9. The van der Waals surface area contributed by atoms with E-state index in [9.17, 15) is 0 Å². The Morgan fingerprint density at radius 1 is 1.03 bits per heavy atom. The fourth-order valence-corrected chi connectivity index (χ4v) is 2.69. The quantitative estimate of drug-likeness (QED) is 0.369. The first-order valence-electron chi connectivity index (χ1n) is 10.3. The van der Waals surface area contributed by atoms with Crippen LogP contribution in [0.2, 0.25) is 0 Å². The van der Waals surface area contributed by atoms with Gasteiger partial charge in [0.15, 0.2) is 0 Å². The molecule has 2 heterocycles. The van der Waals surface area contributed by atoms with E-state index in [0.717, 1.165) is 64.0 Å². The van der Waals surface area contributed by atoms with Crippen molar-refractivity contribution < 1.29 is 39.5 Å². The molecule has 12 nitrogen and oxygen atoms in total. The molecule has 3 rings (SSSR count). The van der Waals surface area contributed by atoms with Gasteiger partial charge in [-0.2, -0.15) is 0 Å². The molecule has 0 unspecified atom stereocenters. The Bertz CT molecular complexity index is 852. The van der Waals surface area contributed by atoms with Gasteiger partial charge >= 0.3 is 0 Å². The number of hydrogen-bond donors (Lipinski definition) is 6. The number of benzene rings is 1. The maximum atomic E-state index is 9.14. The van der Waals surface area contributed by atoms with Crippen LogP contribution in [0.4, 0.5) is 5.69 Å². The number of H-pyrrole nitrogens is 1. The van der Waals surface area contributed by atoms with E-state index in [1.165, 1.54) is 5.69 Å². The van der Waals surface area contributed by atoms with Gasteiger partial charge in [0.25, 0.3) is 17.9 Å². The minimum atomic E-state index is -0.833. The molecule has 0 bridgehead atoms. The van der Waals surface area contributed by atoms with E-state index in [-0.39, 0.29) is 6.61 Å². The SMILES string of the molecule is CC(=O)O.CC(=O)O.CC(=O)O.Cc1nc([C@@H](N)CO)[nH]c1-c1ccc(N2CCOCC2)cc1. The van der Waals surface area contributed by atoms with Gasteiger partial charge in [0, 0.05) is 39.5 Å². The molecular weight excluding hydrogens is 448 g/mol. The van der Waals surface area contributed by atoms with Crippen LogP contribution >= 0.6 is 0 Å². The van der Waals surface area contributed by atoms with Crippen molar-refractivity contribution >= 4 is 23.6 Å². The van der Waals surface area contributed by atoms with E-state index < -0.39 is 23.9 Å². The zero-order valence-electron chi connectivity index (χ0n) is 19.8. The maximum Gasteiger partial charge on any atom is 0.300 e. The molecule has 7 N–H and O–H groups in total. The molecule has 12 heteroatoms. The Hall–Kier alpha value is -3.48. The number of aryl methyl sites for hydroxylation is 1. The van der Waals surface area contributed by atoms with Crippen LogP contribution in [0.1, 0.15) is 38.3 Å². The van der Waals surface area contributed by atoms with E-state index in [1.807, 2.05) is 6.92 Å². The van der Waals surface area contributed by atoms with E-state index in [4.69, 9.17) is 45.3 Å². The molecule has 1 fully saturated rings. The number of nitrogens with one attached hydrogen (secondary N) is 1. The van der Waals surface area contributed by atoms with E-state index >= 15 is 0 Å². The first-order valence-corrected chi connectivity index (χ1v) is 10.3. The number of anilines is 1. The molecule has 1 aliphatic heterocycles. The molecule has 2 aromatic rings. The molecule has 1 atom stereocenters. The zero-order chi connectivity index (χ0) is 26.3. The Labute approximate surface area is 198 Å². The van der Waals surface area contributed by atoms with Gasteiger partial charge in [-0.3, -0.25) is 14.4 Å². The van der Waals surface area contributed by atoms with Crippen LogP contribution < -0.4 is 10.6 Å². The van der Waals surface area contributed by atoms with Gasteiger partial charge in [0.05, 0.1) is 37.3 Å². The highest BCUT2D eigenvalue weighted by atomic mass is 16.5. The van der Waals surface area contributed by atoms with Crippen molar-refractivity contribution in [1.29, 1.82) is 0 Å². The standard InChI is InChI=1S/C16H22N4O2.3C2H4O2/c1-11-15(19-16(18-11)14(17)10-21)12-2-4-13(5-3-12)20-6-8-22-9-7-20;3*1-2(3)4/h2-5,14,21H,6-10,17H2,1H3,(H,18,19);3*1H3,(H,3,4)/t14-;;;/m0.../s1. The molecule has 0 aliphatic carbocycles. The van der Waals surface area contributed by atoms with Crippen LogP contribution in [0.3, 0.4) is 0 Å². The number of aromatic amines is 1. The number of nitrogens with two attached hydrogens (primary N) is 1. The second-order valence-electron chi connectivity index (χ2n) is 7.07. The number of carbonyl (C=O) groups is 3. The molecule has 190 valence electrons. The second-order valence-corrected chi connectivity index (χ2v) is 7.07. The average molecular weight is 483 g/mol. The Morgan fingerprint density at radius 2 is 1.47 bits per heavy atom. The molecule has 0 spiro atoms. The fraction of sp³-hybridized carbons (Fsp3) is 0.455. The molecule has 1 aromatic heterocycles. The summed E-state index contributed by atoms with van der Waals surface area (Å²) in [5, 5.41) is 31.4. The third-order valence-electron chi connectivity index (χ3n) is 3.98. The summed E-state index contributed by atoms with van der Waals surface area (Å²) in [6, 6.07) is 7.93. The number of aliphatic carboxylic acids is 3. The molecule has 1 saturated heterocycles. The van der Waals surface area contributed by atoms with Crippen molar-refractivity contribution in [3.8, 4) is 11.3 Å². The largest absolute Gasteiger partial charge is 0.481 e. The van der Waals surface area contributed by atoms with Crippen LogP contribution in [-0.2, 0) is 19.1 Å². The number of morpholine rings is 1. The normalized spacial score (nSPS) is 13.1. The third kappa shape index (κ3) is 13.2. The molecule has 1 aliphatic rings. The summed E-state index contributed by atoms with van der Waals surface area (Å²) < 4.78 is 5.38. The van der Waals surface area contributed by atoms with E-state index in [1.54, 1.807) is 0 Å². The van der Waals surface area contributed by atoms with Crippen molar-refractivity contribution in [2.75, 3.05) is 37.8 Å². The number of carboxylic acids is 3. The third-order valence-corrected chi connectivity index (χ3v) is 3.98. The number of imidazole rings is 1. The van der Waals surface area contributed by atoms with Crippen molar-refractivity contribution in [2.45, 2.75) is 33.7 Å². The zero-order valence-corrected chi connectivity index (χ0v) is 19.8. The minimum Gasteiger partial charge on any atom is -0.481 e. The summed E-state index contributed by atoms with van der Waals surface area (Å²) in [6.45, 7) is 8.49. The minimum absolute atomic E-state index is 0.123. The lowest BCUT2D eigenvalue weighted by Crippen LogP contribution is -2.36.